The van der Waals surface area contributed by atoms with E-state index in [1.807, 2.05) is 7.05 Å². The van der Waals surface area contributed by atoms with Crippen LogP contribution in [-0.2, 0) is 0 Å². The van der Waals surface area contributed by atoms with Crippen LogP contribution in [-0.4, -0.2) is 55.3 Å². The second-order valence-electron chi connectivity index (χ2n) is 4.67. The summed E-state index contributed by atoms with van der Waals surface area (Å²) in [5, 5.41) is 0. The summed E-state index contributed by atoms with van der Waals surface area (Å²) in [6, 6.07) is 5.16. The summed E-state index contributed by atoms with van der Waals surface area (Å²) in [6.07, 6.45) is -4.75. The molecule has 7 heteroatoms. The van der Waals surface area contributed by atoms with Crippen LogP contribution in [0.5, 0.6) is 5.75 Å². The van der Waals surface area contributed by atoms with E-state index in [1.54, 1.807) is 4.90 Å². The number of hydrogen-bond donors (Lipinski definition) is 0. The van der Waals surface area contributed by atoms with Gasteiger partial charge in [-0.3, -0.25) is 4.79 Å². The number of amides is 1. The summed E-state index contributed by atoms with van der Waals surface area (Å²) in [4.78, 5) is 15.9. The lowest BCUT2D eigenvalue weighted by Crippen LogP contribution is -2.47. The van der Waals surface area contributed by atoms with Crippen molar-refractivity contribution < 1.29 is 22.7 Å². The minimum absolute atomic E-state index is 0.205. The van der Waals surface area contributed by atoms with Crippen LogP contribution >= 0.6 is 0 Å². The lowest BCUT2D eigenvalue weighted by atomic mass is 10.1. The molecule has 0 spiro atoms. The van der Waals surface area contributed by atoms with Crippen molar-refractivity contribution in [1.82, 2.24) is 9.80 Å². The molecule has 1 saturated heterocycles. The molecular formula is C13H15F3N2O2. The first-order chi connectivity index (χ1) is 9.35. The Morgan fingerprint density at radius 1 is 1.20 bits per heavy atom. The second-order valence-corrected chi connectivity index (χ2v) is 4.67. The maximum atomic E-state index is 12.2. The van der Waals surface area contributed by atoms with Crippen molar-refractivity contribution in [1.29, 1.82) is 0 Å². The minimum Gasteiger partial charge on any atom is -0.406 e. The van der Waals surface area contributed by atoms with Crippen molar-refractivity contribution in [2.45, 2.75) is 6.36 Å². The number of benzene rings is 1. The van der Waals surface area contributed by atoms with Crippen LogP contribution in [0.3, 0.4) is 0 Å². The Bertz CT molecular complexity index is 483. The third kappa shape index (κ3) is 3.86. The Balaban J connectivity index is 2.08. The van der Waals surface area contributed by atoms with E-state index in [2.05, 4.69) is 9.64 Å². The van der Waals surface area contributed by atoms with Gasteiger partial charge in [0.25, 0.3) is 5.91 Å². The smallest absolute Gasteiger partial charge is 0.406 e. The first kappa shape index (κ1) is 14.6. The molecule has 4 nitrogen and oxygen atoms in total. The molecule has 0 aromatic heterocycles. The van der Waals surface area contributed by atoms with Crippen LogP contribution < -0.4 is 4.74 Å². The molecule has 2 rings (SSSR count). The molecule has 0 N–H and O–H groups in total. The molecular weight excluding hydrogens is 273 g/mol. The molecule has 0 saturated carbocycles. The predicted octanol–water partition coefficient (Wildman–Crippen LogP) is 1.97. The van der Waals surface area contributed by atoms with Crippen molar-refractivity contribution in [2.24, 2.45) is 0 Å². The number of piperazine rings is 1. The minimum atomic E-state index is -4.75. The van der Waals surface area contributed by atoms with Gasteiger partial charge in [0.15, 0.2) is 0 Å². The van der Waals surface area contributed by atoms with Crippen LogP contribution in [0.4, 0.5) is 13.2 Å². The van der Waals surface area contributed by atoms with Gasteiger partial charge >= 0.3 is 6.36 Å². The number of halogens is 3. The van der Waals surface area contributed by atoms with E-state index in [9.17, 15) is 18.0 Å². The highest BCUT2D eigenvalue weighted by atomic mass is 19.4. The van der Waals surface area contributed by atoms with Crippen molar-refractivity contribution in [3.63, 3.8) is 0 Å². The molecule has 1 aliphatic heterocycles. The van der Waals surface area contributed by atoms with E-state index in [0.29, 0.717) is 13.1 Å². The zero-order valence-corrected chi connectivity index (χ0v) is 11.0. The highest BCUT2D eigenvalue weighted by Crippen LogP contribution is 2.23. The third-order valence-corrected chi connectivity index (χ3v) is 3.11. The quantitative estimate of drug-likeness (QED) is 0.834. The molecule has 0 bridgehead atoms. The molecule has 0 radical (unpaired) electrons. The zero-order valence-electron chi connectivity index (χ0n) is 11.0. The van der Waals surface area contributed by atoms with Crippen molar-refractivity contribution in [3.8, 4) is 5.75 Å². The summed E-state index contributed by atoms with van der Waals surface area (Å²) in [6.45, 7) is 2.65. The molecule has 1 amide bonds. The van der Waals surface area contributed by atoms with Crippen LogP contribution in [0.1, 0.15) is 10.4 Å². The van der Waals surface area contributed by atoms with E-state index in [1.165, 1.54) is 18.2 Å². The number of likely N-dealkylation sites (N-methyl/N-ethyl adjacent to an activating group) is 1. The standard InChI is InChI=1S/C13H15F3N2O2/c1-17-5-7-18(8-6-17)12(19)10-3-2-4-11(9-10)20-13(14,15)16/h2-4,9H,5-8H2,1H3. The molecule has 1 heterocycles. The average molecular weight is 288 g/mol. The number of alkyl halides is 3. The second kappa shape index (κ2) is 5.70. The number of nitrogens with zero attached hydrogens (tertiary/aromatic N) is 2. The highest BCUT2D eigenvalue weighted by molar-refractivity contribution is 5.94. The van der Waals surface area contributed by atoms with Gasteiger partial charge in [-0.1, -0.05) is 6.07 Å². The molecule has 0 atom stereocenters. The first-order valence-electron chi connectivity index (χ1n) is 6.19. The van der Waals surface area contributed by atoms with Crippen LogP contribution in [0.25, 0.3) is 0 Å². The van der Waals surface area contributed by atoms with Crippen LogP contribution in [0, 0.1) is 0 Å². The Labute approximate surface area is 114 Å². The molecule has 1 aromatic carbocycles. The summed E-state index contributed by atoms with van der Waals surface area (Å²) in [5.74, 6) is -0.650. The van der Waals surface area contributed by atoms with Crippen molar-refractivity contribution in [3.05, 3.63) is 29.8 Å². The molecule has 1 aliphatic rings. The van der Waals surface area contributed by atoms with Gasteiger partial charge in [-0.05, 0) is 25.2 Å². The lowest BCUT2D eigenvalue weighted by Gasteiger charge is -2.32. The average Bonchev–Trinajstić information content (AvgIpc) is 2.37. The van der Waals surface area contributed by atoms with Crippen molar-refractivity contribution >= 4 is 5.91 Å². The predicted molar refractivity (Wildman–Crippen MR) is 66.5 cm³/mol. The van der Waals surface area contributed by atoms with Gasteiger partial charge in [0, 0.05) is 31.7 Å². The topological polar surface area (TPSA) is 32.8 Å². The van der Waals surface area contributed by atoms with Gasteiger partial charge in [0.1, 0.15) is 5.75 Å². The summed E-state index contributed by atoms with van der Waals surface area (Å²) >= 11 is 0. The molecule has 1 aromatic rings. The van der Waals surface area contributed by atoms with E-state index in [0.717, 1.165) is 19.2 Å². The zero-order chi connectivity index (χ0) is 14.8. The largest absolute Gasteiger partial charge is 0.573 e. The fourth-order valence-electron chi connectivity index (χ4n) is 2.02. The Morgan fingerprint density at radius 2 is 1.85 bits per heavy atom. The third-order valence-electron chi connectivity index (χ3n) is 3.11. The van der Waals surface area contributed by atoms with E-state index < -0.39 is 6.36 Å². The Kier molecular flexibility index (Phi) is 4.17. The van der Waals surface area contributed by atoms with Crippen LogP contribution in [0.15, 0.2) is 24.3 Å². The van der Waals surface area contributed by atoms with Gasteiger partial charge in [-0.25, -0.2) is 0 Å². The Hall–Kier alpha value is -1.76. The first-order valence-corrected chi connectivity index (χ1v) is 6.19. The lowest BCUT2D eigenvalue weighted by molar-refractivity contribution is -0.274. The van der Waals surface area contributed by atoms with Gasteiger partial charge < -0.3 is 14.5 Å². The fourth-order valence-corrected chi connectivity index (χ4v) is 2.02. The van der Waals surface area contributed by atoms with E-state index in [-0.39, 0.29) is 17.2 Å². The summed E-state index contributed by atoms with van der Waals surface area (Å²) in [5.41, 5.74) is 0.205. The van der Waals surface area contributed by atoms with Gasteiger partial charge in [-0.15, -0.1) is 13.2 Å². The molecule has 110 valence electrons. The highest BCUT2D eigenvalue weighted by Gasteiger charge is 2.31. The van der Waals surface area contributed by atoms with Gasteiger partial charge in [0.05, 0.1) is 0 Å². The Morgan fingerprint density at radius 3 is 2.45 bits per heavy atom. The van der Waals surface area contributed by atoms with Crippen molar-refractivity contribution in [2.75, 3.05) is 33.2 Å². The number of carbonyl (C=O) groups excluding carboxylic acids is 1. The van der Waals surface area contributed by atoms with Gasteiger partial charge in [-0.2, -0.15) is 0 Å². The SMILES string of the molecule is CN1CCN(C(=O)c2cccc(OC(F)(F)F)c2)CC1. The van der Waals surface area contributed by atoms with E-state index >= 15 is 0 Å². The van der Waals surface area contributed by atoms with Gasteiger partial charge in [0.2, 0.25) is 0 Å². The number of ether oxygens (including phenoxy) is 1. The monoisotopic (exact) mass is 288 g/mol. The maximum absolute atomic E-state index is 12.2. The fraction of sp³-hybridized carbons (Fsp3) is 0.462. The molecule has 20 heavy (non-hydrogen) atoms. The summed E-state index contributed by atoms with van der Waals surface area (Å²) < 4.78 is 40.3. The maximum Gasteiger partial charge on any atom is 0.573 e. The molecule has 0 unspecified atom stereocenters. The number of rotatable bonds is 2. The number of carbonyl (C=O) groups is 1. The molecule has 1 fully saturated rings. The van der Waals surface area contributed by atoms with E-state index in [4.69, 9.17) is 0 Å². The molecule has 0 aliphatic carbocycles. The van der Waals surface area contributed by atoms with Crippen LogP contribution in [0.2, 0.25) is 0 Å². The normalized spacial score (nSPS) is 17.1. The summed E-state index contributed by atoms with van der Waals surface area (Å²) in [7, 11) is 1.96. The number of hydrogen-bond acceptors (Lipinski definition) is 3.